The molecule has 0 aromatic carbocycles. The van der Waals surface area contributed by atoms with E-state index in [0.717, 1.165) is 19.3 Å². The van der Waals surface area contributed by atoms with E-state index in [2.05, 4.69) is 0 Å². The molecule has 0 saturated heterocycles. The van der Waals surface area contributed by atoms with Crippen molar-refractivity contribution < 1.29 is 13.0 Å². The Morgan fingerprint density at radius 1 is 1.18 bits per heavy atom. The summed E-state index contributed by atoms with van der Waals surface area (Å²) in [6, 6.07) is 0. The molecule has 0 heterocycles. The van der Waals surface area contributed by atoms with Gasteiger partial charge in [-0.1, -0.05) is 33.6 Å². The first-order valence-electron chi connectivity index (χ1n) is 3.51. The van der Waals surface area contributed by atoms with Crippen LogP contribution in [0.4, 0.5) is 0 Å². The van der Waals surface area contributed by atoms with Gasteiger partial charge in [0.1, 0.15) is 0 Å². The molecule has 0 unspecified atom stereocenters. The zero-order chi connectivity index (χ0) is 8.04. The summed E-state index contributed by atoms with van der Waals surface area (Å²) in [4.78, 5) is 0. The molecule has 4 heteroatoms. The first-order valence-corrected chi connectivity index (χ1v) is 5.12. The highest BCUT2D eigenvalue weighted by Crippen LogP contribution is 2.00. The van der Waals surface area contributed by atoms with Crippen molar-refractivity contribution in [2.24, 2.45) is 0 Å². The summed E-state index contributed by atoms with van der Waals surface area (Å²) in [5.74, 6) is -0.0903. The Morgan fingerprint density at radius 3 is 2.09 bits per heavy atom. The van der Waals surface area contributed by atoms with Crippen LogP contribution in [0.2, 0.25) is 0 Å². The normalized spacial score (nSPS) is 10.7. The van der Waals surface area contributed by atoms with Gasteiger partial charge in [0.05, 0.1) is 5.75 Å². The highest BCUT2D eigenvalue weighted by Gasteiger charge is 2.01. The molecule has 0 aromatic heterocycles. The first-order chi connectivity index (χ1) is 4.56. The Kier molecular flexibility index (Phi) is 8.11. The molecule has 0 amide bonds. The summed E-state index contributed by atoms with van der Waals surface area (Å²) >= 11 is 0. The third-order valence-electron chi connectivity index (χ3n) is 1.26. The van der Waals surface area contributed by atoms with Crippen LogP contribution in [-0.4, -0.2) is 18.7 Å². The van der Waals surface area contributed by atoms with Crippen LogP contribution >= 0.6 is 0 Å². The van der Waals surface area contributed by atoms with Crippen molar-refractivity contribution in [3.63, 3.8) is 0 Å². The van der Waals surface area contributed by atoms with Gasteiger partial charge >= 0.3 is 0 Å². The molecule has 0 aliphatic heterocycles. The Hall–Kier alpha value is -0.0900. The van der Waals surface area contributed by atoms with E-state index in [1.165, 1.54) is 0 Å². The first kappa shape index (κ1) is 13.5. The second-order valence-electron chi connectivity index (χ2n) is 2.35. The molecular formula is C7H18O3S. The van der Waals surface area contributed by atoms with Gasteiger partial charge in [-0.2, -0.15) is 8.42 Å². The van der Waals surface area contributed by atoms with Crippen LogP contribution in [0.15, 0.2) is 0 Å². The summed E-state index contributed by atoms with van der Waals surface area (Å²) in [6.45, 7) is 2.05. The number of unbranched alkanes of at least 4 members (excludes halogenated alkanes) is 3. The van der Waals surface area contributed by atoms with Gasteiger partial charge in [0.2, 0.25) is 0 Å². The van der Waals surface area contributed by atoms with E-state index in [-0.39, 0.29) is 13.2 Å². The van der Waals surface area contributed by atoms with Crippen LogP contribution in [0.1, 0.15) is 40.0 Å². The lowest BCUT2D eigenvalue weighted by atomic mass is 10.2. The molecule has 0 bridgehead atoms. The molecule has 0 rings (SSSR count). The lowest BCUT2D eigenvalue weighted by Gasteiger charge is -1.95. The van der Waals surface area contributed by atoms with E-state index < -0.39 is 10.1 Å². The van der Waals surface area contributed by atoms with E-state index in [1.807, 2.05) is 6.92 Å². The molecule has 70 valence electrons. The van der Waals surface area contributed by atoms with Crippen LogP contribution in [0.25, 0.3) is 0 Å². The van der Waals surface area contributed by atoms with E-state index in [9.17, 15) is 8.42 Å². The minimum absolute atomic E-state index is 0. The van der Waals surface area contributed by atoms with E-state index in [4.69, 9.17) is 4.55 Å². The van der Waals surface area contributed by atoms with Crippen LogP contribution in [-0.2, 0) is 10.1 Å². The van der Waals surface area contributed by atoms with Crippen LogP contribution in [0, 0.1) is 0 Å². The summed E-state index contributed by atoms with van der Waals surface area (Å²) in [5, 5.41) is 0. The standard InChI is InChI=1S/C6H14O3S.CH4/c1-2-3-4-5-6-10(7,8)9;/h2-6H2,1H3,(H,7,8,9);1H4. The van der Waals surface area contributed by atoms with Gasteiger partial charge in [0.15, 0.2) is 0 Å². The van der Waals surface area contributed by atoms with Gasteiger partial charge in [-0.05, 0) is 6.42 Å². The van der Waals surface area contributed by atoms with Crippen LogP contribution in [0.5, 0.6) is 0 Å². The molecular weight excluding hydrogens is 164 g/mol. The molecule has 0 aromatic rings. The maximum atomic E-state index is 10.1. The van der Waals surface area contributed by atoms with Gasteiger partial charge in [0.25, 0.3) is 10.1 Å². The van der Waals surface area contributed by atoms with Gasteiger partial charge in [-0.3, -0.25) is 4.55 Å². The lowest BCUT2D eigenvalue weighted by molar-refractivity contribution is 0.479. The predicted octanol–water partition coefficient (Wildman–Crippen LogP) is 2.09. The molecule has 0 fully saturated rings. The molecule has 0 atom stereocenters. The Morgan fingerprint density at radius 2 is 1.73 bits per heavy atom. The summed E-state index contributed by atoms with van der Waals surface area (Å²) in [6.07, 6.45) is 3.57. The van der Waals surface area contributed by atoms with Gasteiger partial charge in [-0.15, -0.1) is 0 Å². The van der Waals surface area contributed by atoms with Crippen LogP contribution < -0.4 is 0 Å². The Balaban J connectivity index is 0. The van der Waals surface area contributed by atoms with Crippen molar-refractivity contribution >= 4 is 10.1 Å². The Bertz CT molecular complexity index is 161. The van der Waals surface area contributed by atoms with Crippen molar-refractivity contribution in [2.75, 3.05) is 5.75 Å². The average molecular weight is 182 g/mol. The van der Waals surface area contributed by atoms with Gasteiger partial charge in [-0.25, -0.2) is 0 Å². The largest absolute Gasteiger partial charge is 0.286 e. The SMILES string of the molecule is C.CCCCCCS(=O)(=O)O. The summed E-state index contributed by atoms with van der Waals surface area (Å²) < 4.78 is 28.6. The third kappa shape index (κ3) is 13.0. The Labute approximate surface area is 69.6 Å². The fourth-order valence-electron chi connectivity index (χ4n) is 0.711. The van der Waals surface area contributed by atoms with Crippen molar-refractivity contribution in [1.29, 1.82) is 0 Å². The fourth-order valence-corrected chi connectivity index (χ4v) is 1.28. The second-order valence-corrected chi connectivity index (χ2v) is 3.92. The third-order valence-corrected chi connectivity index (χ3v) is 2.06. The summed E-state index contributed by atoms with van der Waals surface area (Å²) in [7, 11) is -3.70. The minimum Gasteiger partial charge on any atom is -0.286 e. The zero-order valence-electron chi connectivity index (χ0n) is 6.21. The van der Waals surface area contributed by atoms with Crippen molar-refractivity contribution in [3.8, 4) is 0 Å². The molecule has 1 N–H and O–H groups in total. The van der Waals surface area contributed by atoms with E-state index >= 15 is 0 Å². The predicted molar refractivity (Wildman–Crippen MR) is 47.3 cm³/mol. The summed E-state index contributed by atoms with van der Waals surface area (Å²) in [5.41, 5.74) is 0. The van der Waals surface area contributed by atoms with Crippen molar-refractivity contribution in [1.82, 2.24) is 0 Å². The molecule has 0 spiro atoms. The molecule has 0 aliphatic carbocycles. The van der Waals surface area contributed by atoms with Crippen molar-refractivity contribution in [2.45, 2.75) is 40.0 Å². The smallest absolute Gasteiger partial charge is 0.264 e. The lowest BCUT2D eigenvalue weighted by Crippen LogP contribution is -2.03. The van der Waals surface area contributed by atoms with Crippen molar-refractivity contribution in [3.05, 3.63) is 0 Å². The molecule has 0 saturated carbocycles. The van der Waals surface area contributed by atoms with E-state index in [0.29, 0.717) is 6.42 Å². The molecule has 3 nitrogen and oxygen atoms in total. The minimum atomic E-state index is -3.70. The maximum absolute atomic E-state index is 10.1. The average Bonchev–Trinajstić information content (AvgIpc) is 1.78. The number of hydrogen-bond acceptors (Lipinski definition) is 2. The number of rotatable bonds is 5. The maximum Gasteiger partial charge on any atom is 0.264 e. The molecule has 11 heavy (non-hydrogen) atoms. The fraction of sp³-hybridized carbons (Fsp3) is 1.00. The topological polar surface area (TPSA) is 54.4 Å². The monoisotopic (exact) mass is 182 g/mol. The highest BCUT2D eigenvalue weighted by molar-refractivity contribution is 7.85. The quantitative estimate of drug-likeness (QED) is 0.523. The zero-order valence-corrected chi connectivity index (χ0v) is 7.02. The van der Waals surface area contributed by atoms with Gasteiger partial charge in [0, 0.05) is 0 Å². The number of hydrogen-bond donors (Lipinski definition) is 1. The second kappa shape index (κ2) is 6.61. The van der Waals surface area contributed by atoms with Crippen LogP contribution in [0.3, 0.4) is 0 Å². The molecule has 0 aliphatic rings. The molecule has 0 radical (unpaired) electrons. The highest BCUT2D eigenvalue weighted by atomic mass is 32.2. The van der Waals surface area contributed by atoms with Gasteiger partial charge < -0.3 is 0 Å². The van der Waals surface area contributed by atoms with E-state index in [1.54, 1.807) is 0 Å².